The van der Waals surface area contributed by atoms with E-state index in [1.807, 2.05) is 32.0 Å². The van der Waals surface area contributed by atoms with Crippen molar-refractivity contribution < 1.29 is 28.8 Å². The third kappa shape index (κ3) is 5.72. The predicted octanol–water partition coefficient (Wildman–Crippen LogP) is 5.70. The molecular weight excluding hydrogens is 458 g/mol. The first-order chi connectivity index (χ1) is 16.3. The fraction of sp³-hybridized carbons (Fsp3) is 0.308. The molecule has 7 nitrogen and oxygen atoms in total. The summed E-state index contributed by atoms with van der Waals surface area (Å²) >= 11 is 6.17. The van der Waals surface area contributed by atoms with E-state index in [0.29, 0.717) is 52.3 Å². The van der Waals surface area contributed by atoms with E-state index >= 15 is 0 Å². The number of carbonyl (C=O) groups is 1. The van der Waals surface area contributed by atoms with Crippen molar-refractivity contribution in [2.45, 2.75) is 32.8 Å². The van der Waals surface area contributed by atoms with Crippen LogP contribution in [0, 0.1) is 0 Å². The molecular formula is C26H28ClNO6. The third-order valence-corrected chi connectivity index (χ3v) is 5.40. The second-order valence-electron chi connectivity index (χ2n) is 7.84. The molecule has 0 spiro atoms. The molecule has 0 aliphatic heterocycles. The summed E-state index contributed by atoms with van der Waals surface area (Å²) in [6, 6.07) is 12.3. The van der Waals surface area contributed by atoms with Gasteiger partial charge in [0.1, 0.15) is 5.75 Å². The Morgan fingerprint density at radius 3 is 2.18 bits per heavy atom. The largest absolute Gasteiger partial charge is 0.493 e. The first kappa shape index (κ1) is 25.2. The Kier molecular flexibility index (Phi) is 8.23. The monoisotopic (exact) mass is 485 g/mol. The molecule has 1 aromatic heterocycles. The lowest BCUT2D eigenvalue weighted by atomic mass is 10.0. The van der Waals surface area contributed by atoms with Gasteiger partial charge >= 0.3 is 5.97 Å². The number of hydrogen-bond acceptors (Lipinski definition) is 6. The molecule has 3 aromatic rings. The van der Waals surface area contributed by atoms with E-state index in [1.54, 1.807) is 45.6 Å². The highest BCUT2D eigenvalue weighted by Crippen LogP contribution is 2.38. The Balaban J connectivity index is 1.99. The number of pyridine rings is 1. The van der Waals surface area contributed by atoms with Crippen molar-refractivity contribution in [1.82, 2.24) is 4.98 Å². The van der Waals surface area contributed by atoms with Gasteiger partial charge in [0.15, 0.2) is 11.5 Å². The minimum absolute atomic E-state index is 0.0602. The van der Waals surface area contributed by atoms with Crippen LogP contribution < -0.4 is 18.9 Å². The van der Waals surface area contributed by atoms with Crippen molar-refractivity contribution in [2.75, 3.05) is 21.3 Å². The Morgan fingerprint density at radius 2 is 1.62 bits per heavy atom. The lowest BCUT2D eigenvalue weighted by Gasteiger charge is -2.16. The van der Waals surface area contributed by atoms with E-state index in [-0.39, 0.29) is 11.7 Å². The van der Waals surface area contributed by atoms with Crippen LogP contribution in [0.1, 0.15) is 35.5 Å². The third-order valence-electron chi connectivity index (χ3n) is 5.16. The number of carboxylic acid groups (broad SMARTS) is 1. The van der Waals surface area contributed by atoms with Crippen LogP contribution in [0.2, 0.25) is 5.02 Å². The number of ether oxygens (including phenoxy) is 4. The van der Waals surface area contributed by atoms with Gasteiger partial charge in [-0.25, -0.2) is 4.79 Å². The van der Waals surface area contributed by atoms with E-state index in [4.69, 9.17) is 35.5 Å². The molecule has 0 unspecified atom stereocenters. The SMILES string of the molecule is COc1cc(CCc2nc(-c3ccc(Cl)cc3OC(C)C)ccc2C(=O)O)cc(OC)c1OC. The van der Waals surface area contributed by atoms with E-state index in [1.165, 1.54) is 0 Å². The first-order valence-electron chi connectivity index (χ1n) is 10.8. The second-order valence-corrected chi connectivity index (χ2v) is 8.27. The summed E-state index contributed by atoms with van der Waals surface area (Å²) in [5.74, 6) is 1.13. The number of hydrogen-bond donors (Lipinski definition) is 1. The number of halogens is 1. The standard InChI is InChI=1S/C26H28ClNO6/c1-15(2)34-22-14-17(27)7-8-18(22)20-11-9-19(26(29)30)21(28-20)10-6-16-12-23(31-3)25(33-5)24(13-16)32-4/h7-9,11-15H,6,10H2,1-5H3,(H,29,30). The average molecular weight is 486 g/mol. The number of aryl methyl sites for hydroxylation is 2. The molecule has 1 heterocycles. The molecule has 0 aliphatic rings. The van der Waals surface area contributed by atoms with Gasteiger partial charge in [-0.2, -0.15) is 0 Å². The molecule has 3 rings (SSSR count). The van der Waals surface area contributed by atoms with Gasteiger partial charge in [-0.1, -0.05) is 11.6 Å². The highest BCUT2D eigenvalue weighted by Gasteiger charge is 2.18. The number of rotatable bonds is 10. The first-order valence-corrected chi connectivity index (χ1v) is 11.1. The minimum atomic E-state index is -1.03. The Labute approximate surface area is 204 Å². The lowest BCUT2D eigenvalue weighted by Crippen LogP contribution is -2.09. The number of benzene rings is 2. The number of carboxylic acids is 1. The summed E-state index contributed by atoms with van der Waals surface area (Å²) in [6.45, 7) is 3.85. The summed E-state index contributed by atoms with van der Waals surface area (Å²) in [6.07, 6.45) is 0.848. The van der Waals surface area contributed by atoms with Gasteiger partial charge < -0.3 is 24.1 Å². The Hall–Kier alpha value is -3.45. The van der Waals surface area contributed by atoms with Crippen LogP contribution >= 0.6 is 11.6 Å². The number of nitrogens with zero attached hydrogens (tertiary/aromatic N) is 1. The molecule has 0 fully saturated rings. The molecule has 0 amide bonds. The van der Waals surface area contributed by atoms with Crippen molar-refractivity contribution in [3.8, 4) is 34.3 Å². The summed E-state index contributed by atoms with van der Waals surface area (Å²) in [4.78, 5) is 16.6. The van der Waals surface area contributed by atoms with Crippen molar-refractivity contribution >= 4 is 17.6 Å². The van der Waals surface area contributed by atoms with Gasteiger partial charge in [-0.3, -0.25) is 4.98 Å². The predicted molar refractivity (Wildman–Crippen MR) is 131 cm³/mol. The quantitative estimate of drug-likeness (QED) is 0.394. The molecule has 180 valence electrons. The van der Waals surface area contributed by atoms with Crippen molar-refractivity contribution in [3.05, 3.63) is 64.3 Å². The molecule has 0 aliphatic carbocycles. The maximum Gasteiger partial charge on any atom is 0.337 e. The van der Waals surface area contributed by atoms with Crippen LogP contribution in [0.5, 0.6) is 23.0 Å². The Morgan fingerprint density at radius 1 is 0.941 bits per heavy atom. The molecule has 8 heteroatoms. The summed E-state index contributed by atoms with van der Waals surface area (Å²) in [7, 11) is 4.65. The van der Waals surface area contributed by atoms with Crippen molar-refractivity contribution in [1.29, 1.82) is 0 Å². The van der Waals surface area contributed by atoms with Gasteiger partial charge in [0.25, 0.3) is 0 Å². The summed E-state index contributed by atoms with van der Waals surface area (Å²) in [5, 5.41) is 10.3. The lowest BCUT2D eigenvalue weighted by molar-refractivity contribution is 0.0695. The van der Waals surface area contributed by atoms with E-state index in [9.17, 15) is 9.90 Å². The van der Waals surface area contributed by atoms with Crippen molar-refractivity contribution in [2.24, 2.45) is 0 Å². The van der Waals surface area contributed by atoms with Crippen LogP contribution in [0.25, 0.3) is 11.3 Å². The van der Waals surface area contributed by atoms with Crippen molar-refractivity contribution in [3.63, 3.8) is 0 Å². The molecule has 34 heavy (non-hydrogen) atoms. The van der Waals surface area contributed by atoms with Crippen LogP contribution in [-0.4, -0.2) is 43.5 Å². The van der Waals surface area contributed by atoms with Crippen LogP contribution in [0.15, 0.2) is 42.5 Å². The fourth-order valence-corrected chi connectivity index (χ4v) is 3.80. The van der Waals surface area contributed by atoms with Gasteiger partial charge in [0, 0.05) is 10.6 Å². The normalized spacial score (nSPS) is 10.8. The second kappa shape index (κ2) is 11.1. The molecule has 0 bridgehead atoms. The zero-order chi connectivity index (χ0) is 24.8. The van der Waals surface area contributed by atoms with Gasteiger partial charge in [0.2, 0.25) is 5.75 Å². The molecule has 0 radical (unpaired) electrons. The Bertz CT molecular complexity index is 1150. The molecule has 0 saturated heterocycles. The molecule has 0 saturated carbocycles. The topological polar surface area (TPSA) is 87.1 Å². The molecule has 2 aromatic carbocycles. The zero-order valence-electron chi connectivity index (χ0n) is 19.8. The van der Waals surface area contributed by atoms with Gasteiger partial charge in [-0.05, 0) is 74.7 Å². The maximum atomic E-state index is 11.9. The summed E-state index contributed by atoms with van der Waals surface area (Å²) in [5.41, 5.74) is 2.86. The highest BCUT2D eigenvalue weighted by atomic mass is 35.5. The average Bonchev–Trinajstić information content (AvgIpc) is 2.81. The number of methoxy groups -OCH3 is 3. The molecule has 1 N–H and O–H groups in total. The zero-order valence-corrected chi connectivity index (χ0v) is 20.6. The van der Waals surface area contributed by atoms with E-state index in [2.05, 4.69) is 0 Å². The van der Waals surface area contributed by atoms with E-state index in [0.717, 1.165) is 11.1 Å². The van der Waals surface area contributed by atoms with Crippen LogP contribution in [0.4, 0.5) is 0 Å². The number of aromatic carboxylic acids is 1. The van der Waals surface area contributed by atoms with Gasteiger partial charge in [-0.15, -0.1) is 0 Å². The highest BCUT2D eigenvalue weighted by molar-refractivity contribution is 6.30. The van der Waals surface area contributed by atoms with Gasteiger partial charge in [0.05, 0.1) is 44.4 Å². The van der Waals surface area contributed by atoms with Crippen LogP contribution in [0.3, 0.4) is 0 Å². The maximum absolute atomic E-state index is 11.9. The van der Waals surface area contributed by atoms with E-state index < -0.39 is 5.97 Å². The smallest absolute Gasteiger partial charge is 0.337 e. The molecule has 0 atom stereocenters. The fourth-order valence-electron chi connectivity index (χ4n) is 3.64. The van der Waals surface area contributed by atoms with Crippen LogP contribution in [-0.2, 0) is 12.8 Å². The number of aromatic nitrogens is 1. The summed E-state index contributed by atoms with van der Waals surface area (Å²) < 4.78 is 22.1. The minimum Gasteiger partial charge on any atom is -0.493 e.